The summed E-state index contributed by atoms with van der Waals surface area (Å²) >= 11 is 0. The molecule has 0 saturated carbocycles. The number of phenols is 1. The molecule has 1 atom stereocenters. The molecular formula is C14H14O5. The Labute approximate surface area is 109 Å². The van der Waals surface area contributed by atoms with Crippen molar-refractivity contribution in [3.63, 3.8) is 0 Å². The van der Waals surface area contributed by atoms with E-state index in [1.165, 1.54) is 12.1 Å². The highest BCUT2D eigenvalue weighted by Gasteiger charge is 2.13. The third kappa shape index (κ3) is 2.83. The first-order chi connectivity index (χ1) is 9.01. The van der Waals surface area contributed by atoms with E-state index in [1.54, 1.807) is 12.1 Å². The number of hydrogen-bond donors (Lipinski definition) is 3. The van der Waals surface area contributed by atoms with Gasteiger partial charge in [0.1, 0.15) is 11.3 Å². The highest BCUT2D eigenvalue weighted by Crippen LogP contribution is 2.26. The molecule has 0 aliphatic carbocycles. The lowest BCUT2D eigenvalue weighted by molar-refractivity contribution is 0.187. The zero-order valence-electron chi connectivity index (χ0n) is 10.2. The van der Waals surface area contributed by atoms with Gasteiger partial charge in [0.25, 0.3) is 0 Å². The van der Waals surface area contributed by atoms with Crippen LogP contribution in [0.2, 0.25) is 0 Å². The molecule has 0 bridgehead atoms. The molecule has 0 spiro atoms. The Morgan fingerprint density at radius 2 is 2.11 bits per heavy atom. The van der Waals surface area contributed by atoms with Gasteiger partial charge in [-0.2, -0.15) is 0 Å². The van der Waals surface area contributed by atoms with Crippen LogP contribution in [0.5, 0.6) is 5.75 Å². The molecule has 1 aromatic carbocycles. The predicted octanol–water partition coefficient (Wildman–Crippen LogP) is 0.950. The van der Waals surface area contributed by atoms with Crippen molar-refractivity contribution >= 4 is 11.0 Å². The molecule has 5 nitrogen and oxygen atoms in total. The Hall–Kier alpha value is -2.11. The summed E-state index contributed by atoms with van der Waals surface area (Å²) in [5.41, 5.74) is 0.556. The first-order valence-corrected chi connectivity index (χ1v) is 5.73. The van der Waals surface area contributed by atoms with Crippen molar-refractivity contribution in [2.45, 2.75) is 12.5 Å². The summed E-state index contributed by atoms with van der Waals surface area (Å²) < 4.78 is 4.94. The van der Waals surface area contributed by atoms with Crippen LogP contribution in [0.15, 0.2) is 45.6 Å². The first-order valence-electron chi connectivity index (χ1n) is 5.73. The van der Waals surface area contributed by atoms with Crippen molar-refractivity contribution < 1.29 is 19.7 Å². The van der Waals surface area contributed by atoms with Gasteiger partial charge in [-0.25, -0.2) is 4.79 Å². The summed E-state index contributed by atoms with van der Waals surface area (Å²) in [6.45, 7) is 3.22. The number of rotatable bonds is 4. The van der Waals surface area contributed by atoms with Crippen LogP contribution in [-0.2, 0) is 6.42 Å². The van der Waals surface area contributed by atoms with E-state index >= 15 is 0 Å². The largest absolute Gasteiger partial charge is 0.508 e. The van der Waals surface area contributed by atoms with E-state index < -0.39 is 11.7 Å². The van der Waals surface area contributed by atoms with Gasteiger partial charge in [0.05, 0.1) is 12.7 Å². The lowest BCUT2D eigenvalue weighted by atomic mass is 10.0. The van der Waals surface area contributed by atoms with E-state index in [9.17, 15) is 15.0 Å². The third-order valence-electron chi connectivity index (χ3n) is 2.91. The number of fused-ring (bicyclic) bond motifs is 1. The number of aliphatic hydroxyl groups excluding tert-OH is 2. The second-order valence-corrected chi connectivity index (χ2v) is 4.31. The highest BCUT2D eigenvalue weighted by atomic mass is 16.4. The fraction of sp³-hybridized carbons (Fsp3) is 0.214. The molecule has 0 aliphatic heterocycles. The van der Waals surface area contributed by atoms with Crippen molar-refractivity contribution in [1.29, 1.82) is 0 Å². The standard InChI is InChI=1S/C14H14O5/c1-8(7-15)11(16)5-10-4-9-2-3-14(18)19-13(9)6-12(10)17/h2-4,6,11,15-17H,1,5,7H2. The minimum absolute atomic E-state index is 0.0772. The van der Waals surface area contributed by atoms with Crippen LogP contribution in [0, 0.1) is 0 Å². The molecule has 2 aromatic rings. The summed E-state index contributed by atoms with van der Waals surface area (Å²) in [4.78, 5) is 11.1. The minimum Gasteiger partial charge on any atom is -0.508 e. The van der Waals surface area contributed by atoms with Crippen molar-refractivity contribution in [2.24, 2.45) is 0 Å². The molecule has 0 fully saturated rings. The number of benzene rings is 1. The predicted molar refractivity (Wildman–Crippen MR) is 70.1 cm³/mol. The summed E-state index contributed by atoms with van der Waals surface area (Å²) in [7, 11) is 0. The maximum atomic E-state index is 11.1. The molecule has 1 heterocycles. The molecule has 100 valence electrons. The van der Waals surface area contributed by atoms with E-state index in [0.29, 0.717) is 10.9 Å². The normalized spacial score (nSPS) is 12.5. The van der Waals surface area contributed by atoms with Crippen LogP contribution in [-0.4, -0.2) is 28.0 Å². The monoisotopic (exact) mass is 262 g/mol. The molecule has 0 aliphatic rings. The molecule has 1 unspecified atom stereocenters. The highest BCUT2D eigenvalue weighted by molar-refractivity contribution is 5.79. The SMILES string of the molecule is C=C(CO)C(O)Cc1cc2ccc(=O)oc2cc1O. The Bertz CT molecular complexity index is 671. The second-order valence-electron chi connectivity index (χ2n) is 4.31. The Morgan fingerprint density at radius 3 is 2.79 bits per heavy atom. The molecule has 0 radical (unpaired) electrons. The second kappa shape index (κ2) is 5.26. The van der Waals surface area contributed by atoms with Crippen LogP contribution < -0.4 is 5.63 Å². The minimum atomic E-state index is -0.941. The van der Waals surface area contributed by atoms with E-state index in [-0.39, 0.29) is 29.9 Å². The number of phenolic OH excluding ortho intramolecular Hbond substituents is 1. The van der Waals surface area contributed by atoms with Crippen LogP contribution >= 0.6 is 0 Å². The van der Waals surface area contributed by atoms with Gasteiger partial charge >= 0.3 is 5.63 Å². The van der Waals surface area contributed by atoms with Crippen LogP contribution in [0.4, 0.5) is 0 Å². The van der Waals surface area contributed by atoms with E-state index in [1.807, 2.05) is 0 Å². The molecular weight excluding hydrogens is 248 g/mol. The molecule has 0 saturated heterocycles. The fourth-order valence-electron chi connectivity index (χ4n) is 1.77. The summed E-state index contributed by atoms with van der Waals surface area (Å²) in [5.74, 6) is -0.0772. The number of aromatic hydroxyl groups is 1. The van der Waals surface area contributed by atoms with Gasteiger partial charge in [-0.1, -0.05) is 6.58 Å². The van der Waals surface area contributed by atoms with Crippen LogP contribution in [0.3, 0.4) is 0 Å². The van der Waals surface area contributed by atoms with Gasteiger partial charge in [0, 0.05) is 23.9 Å². The molecule has 19 heavy (non-hydrogen) atoms. The Morgan fingerprint density at radius 1 is 1.37 bits per heavy atom. The quantitative estimate of drug-likeness (QED) is 0.563. The molecule has 1 aromatic heterocycles. The average molecular weight is 262 g/mol. The maximum Gasteiger partial charge on any atom is 0.336 e. The molecule has 2 rings (SSSR count). The third-order valence-corrected chi connectivity index (χ3v) is 2.91. The smallest absolute Gasteiger partial charge is 0.336 e. The van der Waals surface area contributed by atoms with Crippen molar-refractivity contribution in [3.05, 3.63) is 52.4 Å². The van der Waals surface area contributed by atoms with Gasteiger partial charge < -0.3 is 19.7 Å². The van der Waals surface area contributed by atoms with Gasteiger partial charge in [-0.05, 0) is 23.3 Å². The lowest BCUT2D eigenvalue weighted by Gasteiger charge is -2.13. The Balaban J connectivity index is 2.39. The summed E-state index contributed by atoms with van der Waals surface area (Å²) in [6, 6.07) is 5.82. The van der Waals surface area contributed by atoms with E-state index in [0.717, 1.165) is 0 Å². The topological polar surface area (TPSA) is 90.9 Å². The van der Waals surface area contributed by atoms with Gasteiger partial charge in [0.2, 0.25) is 0 Å². The van der Waals surface area contributed by atoms with Crippen molar-refractivity contribution in [3.8, 4) is 5.75 Å². The van der Waals surface area contributed by atoms with Crippen molar-refractivity contribution in [1.82, 2.24) is 0 Å². The number of hydrogen-bond acceptors (Lipinski definition) is 5. The zero-order chi connectivity index (χ0) is 14.0. The van der Waals surface area contributed by atoms with Crippen LogP contribution in [0.25, 0.3) is 11.0 Å². The van der Waals surface area contributed by atoms with Gasteiger partial charge in [-0.15, -0.1) is 0 Å². The first kappa shape index (κ1) is 13.3. The van der Waals surface area contributed by atoms with Crippen molar-refractivity contribution in [2.75, 3.05) is 6.61 Å². The average Bonchev–Trinajstić information content (AvgIpc) is 2.38. The molecule has 5 heteroatoms. The maximum absolute atomic E-state index is 11.1. The number of aliphatic hydroxyl groups is 2. The lowest BCUT2D eigenvalue weighted by Crippen LogP contribution is -2.15. The van der Waals surface area contributed by atoms with Crippen LogP contribution in [0.1, 0.15) is 5.56 Å². The summed E-state index contributed by atoms with van der Waals surface area (Å²) in [5, 5.41) is 29.1. The van der Waals surface area contributed by atoms with E-state index in [4.69, 9.17) is 9.52 Å². The summed E-state index contributed by atoms with van der Waals surface area (Å²) in [6.07, 6.45) is -0.815. The van der Waals surface area contributed by atoms with Gasteiger partial charge in [-0.3, -0.25) is 0 Å². The van der Waals surface area contributed by atoms with Gasteiger partial charge in [0.15, 0.2) is 0 Å². The zero-order valence-corrected chi connectivity index (χ0v) is 10.2. The van der Waals surface area contributed by atoms with E-state index in [2.05, 4.69) is 6.58 Å². The Kier molecular flexibility index (Phi) is 3.69. The molecule has 0 amide bonds. The fourth-order valence-corrected chi connectivity index (χ4v) is 1.77. The molecule has 3 N–H and O–H groups in total.